The fraction of sp³-hybridized carbons (Fsp3) is 0.524. The molecule has 156 valence electrons. The van der Waals surface area contributed by atoms with Crippen LogP contribution in [0.3, 0.4) is 0 Å². The minimum absolute atomic E-state index is 0.0317. The minimum Gasteiger partial charge on any atom is -0.492 e. The Balaban J connectivity index is 1.70. The third kappa shape index (κ3) is 4.02. The van der Waals surface area contributed by atoms with E-state index in [1.165, 1.54) is 22.5 Å². The lowest BCUT2D eigenvalue weighted by molar-refractivity contribution is 0.0945. The van der Waals surface area contributed by atoms with Crippen molar-refractivity contribution in [2.24, 2.45) is 0 Å². The van der Waals surface area contributed by atoms with Crippen LogP contribution in [0.1, 0.15) is 41.7 Å². The number of hydrogen-bond acceptors (Lipinski definition) is 7. The smallest absolute Gasteiger partial charge is 0.230 e. The number of aliphatic hydroxyl groups excluding tert-OH is 1. The second-order valence-corrected chi connectivity index (χ2v) is 8.47. The molecular formula is C21H29N5O2S. The summed E-state index contributed by atoms with van der Waals surface area (Å²) in [6.45, 7) is 8.66. The number of benzene rings is 1. The Bertz CT molecular complexity index is 944. The van der Waals surface area contributed by atoms with Gasteiger partial charge in [-0.1, -0.05) is 49.4 Å². The summed E-state index contributed by atoms with van der Waals surface area (Å²) < 4.78 is 1.58. The number of hydrogen-bond donors (Lipinski definition) is 2. The van der Waals surface area contributed by atoms with Gasteiger partial charge >= 0.3 is 0 Å². The Hall–Kier alpha value is -2.00. The second kappa shape index (κ2) is 8.79. The first-order valence-electron chi connectivity index (χ1n) is 10.4. The fourth-order valence-corrected chi connectivity index (χ4v) is 5.10. The molecule has 0 saturated carbocycles. The van der Waals surface area contributed by atoms with Crippen molar-refractivity contribution >= 4 is 16.3 Å². The van der Waals surface area contributed by atoms with Crippen LogP contribution in [-0.4, -0.2) is 73.9 Å². The molecule has 3 heterocycles. The number of thiazole rings is 1. The third-order valence-electron chi connectivity index (χ3n) is 5.70. The van der Waals surface area contributed by atoms with Crippen LogP contribution >= 0.6 is 11.3 Å². The summed E-state index contributed by atoms with van der Waals surface area (Å²) in [7, 11) is 0. The average Bonchev–Trinajstić information content (AvgIpc) is 3.29. The number of nitrogens with zero attached hydrogens (tertiary/aromatic N) is 5. The molecule has 1 fully saturated rings. The number of piperazine rings is 1. The van der Waals surface area contributed by atoms with Crippen LogP contribution in [0.5, 0.6) is 5.88 Å². The summed E-state index contributed by atoms with van der Waals surface area (Å²) >= 11 is 1.52. The maximum atomic E-state index is 11.0. The second-order valence-electron chi connectivity index (χ2n) is 7.46. The van der Waals surface area contributed by atoms with Gasteiger partial charge < -0.3 is 10.2 Å². The van der Waals surface area contributed by atoms with Crippen molar-refractivity contribution in [3.8, 4) is 5.88 Å². The van der Waals surface area contributed by atoms with Crippen LogP contribution in [0.15, 0.2) is 24.3 Å². The van der Waals surface area contributed by atoms with E-state index in [-0.39, 0.29) is 18.5 Å². The summed E-state index contributed by atoms with van der Waals surface area (Å²) in [6, 6.07) is 8.67. The Morgan fingerprint density at radius 2 is 1.79 bits per heavy atom. The van der Waals surface area contributed by atoms with Gasteiger partial charge in [0.05, 0.1) is 17.5 Å². The van der Waals surface area contributed by atoms with Crippen molar-refractivity contribution in [3.63, 3.8) is 0 Å². The molecule has 29 heavy (non-hydrogen) atoms. The first-order valence-corrected chi connectivity index (χ1v) is 11.2. The maximum Gasteiger partial charge on any atom is 0.230 e. The molecule has 1 aliphatic rings. The van der Waals surface area contributed by atoms with Crippen LogP contribution in [0.4, 0.5) is 0 Å². The number of fused-ring (bicyclic) bond motifs is 1. The molecule has 0 radical (unpaired) electrons. The highest BCUT2D eigenvalue weighted by Gasteiger charge is 2.31. The lowest BCUT2D eigenvalue weighted by Crippen LogP contribution is -2.48. The molecule has 8 heteroatoms. The van der Waals surface area contributed by atoms with Gasteiger partial charge in [-0.15, -0.1) is 5.10 Å². The van der Waals surface area contributed by atoms with Gasteiger partial charge in [0.25, 0.3) is 0 Å². The summed E-state index contributed by atoms with van der Waals surface area (Å²) in [5.41, 5.74) is 2.48. The Kier molecular flexibility index (Phi) is 6.15. The number of β-amino-alcohol motifs (C(OH)–C–C–N with tert-alkyl or cyclic N) is 1. The van der Waals surface area contributed by atoms with Gasteiger partial charge in [0.15, 0.2) is 5.82 Å². The van der Waals surface area contributed by atoms with E-state index in [4.69, 9.17) is 0 Å². The number of rotatable bonds is 7. The SMILES string of the molecule is CCc1ccc([C@H](c2sc3nc(CC)nn3c2O)N2CCN(CCO)CC2)cc1. The Morgan fingerprint density at radius 1 is 1.07 bits per heavy atom. The lowest BCUT2D eigenvalue weighted by atomic mass is 10.0. The molecule has 4 rings (SSSR count). The van der Waals surface area contributed by atoms with E-state index in [0.717, 1.165) is 54.7 Å². The predicted molar refractivity (Wildman–Crippen MR) is 115 cm³/mol. The summed E-state index contributed by atoms with van der Waals surface area (Å²) in [4.78, 5) is 10.9. The molecule has 1 aliphatic heterocycles. The Labute approximate surface area is 175 Å². The van der Waals surface area contributed by atoms with E-state index in [9.17, 15) is 10.2 Å². The van der Waals surface area contributed by atoms with Gasteiger partial charge in [0.2, 0.25) is 10.8 Å². The summed E-state index contributed by atoms with van der Waals surface area (Å²) in [5.74, 6) is 0.944. The van der Waals surface area contributed by atoms with Crippen molar-refractivity contribution in [3.05, 3.63) is 46.1 Å². The van der Waals surface area contributed by atoms with E-state index in [1.807, 2.05) is 6.92 Å². The topological polar surface area (TPSA) is 77.1 Å². The number of aryl methyl sites for hydroxylation is 2. The van der Waals surface area contributed by atoms with Gasteiger partial charge in [0, 0.05) is 39.1 Å². The summed E-state index contributed by atoms with van der Waals surface area (Å²) in [5, 5.41) is 24.7. The van der Waals surface area contributed by atoms with Gasteiger partial charge in [-0.3, -0.25) is 9.80 Å². The molecule has 1 aromatic carbocycles. The molecule has 0 amide bonds. The van der Waals surface area contributed by atoms with Gasteiger partial charge in [-0.05, 0) is 17.5 Å². The summed E-state index contributed by atoms with van der Waals surface area (Å²) in [6.07, 6.45) is 1.75. The largest absolute Gasteiger partial charge is 0.492 e. The molecule has 7 nitrogen and oxygen atoms in total. The van der Waals surface area contributed by atoms with Crippen LogP contribution in [-0.2, 0) is 12.8 Å². The molecule has 0 bridgehead atoms. The van der Waals surface area contributed by atoms with E-state index in [0.29, 0.717) is 6.54 Å². The third-order valence-corrected chi connectivity index (χ3v) is 6.77. The maximum absolute atomic E-state index is 11.0. The number of aromatic hydroxyl groups is 1. The van der Waals surface area contributed by atoms with E-state index < -0.39 is 0 Å². The lowest BCUT2D eigenvalue weighted by Gasteiger charge is -2.39. The van der Waals surface area contributed by atoms with Crippen LogP contribution in [0.2, 0.25) is 0 Å². The van der Waals surface area contributed by atoms with Crippen molar-refractivity contribution in [1.29, 1.82) is 0 Å². The standard InChI is InChI=1S/C21H29N5O2S/c1-3-15-5-7-16(8-6-15)18(25-11-9-24(10-12-25)13-14-27)19-20(28)26-21(29-19)22-17(4-2)23-26/h5-8,18,27-28H,3-4,9-14H2,1-2H3/t18-/m1/s1. The zero-order chi connectivity index (χ0) is 20.4. The molecule has 1 saturated heterocycles. The van der Waals surface area contributed by atoms with Gasteiger partial charge in [-0.2, -0.15) is 4.52 Å². The quantitative estimate of drug-likeness (QED) is 0.617. The zero-order valence-corrected chi connectivity index (χ0v) is 17.9. The van der Waals surface area contributed by atoms with Crippen molar-refractivity contribution in [2.75, 3.05) is 39.3 Å². The van der Waals surface area contributed by atoms with Crippen LogP contribution in [0.25, 0.3) is 4.96 Å². The number of aliphatic hydroxyl groups is 1. The zero-order valence-electron chi connectivity index (χ0n) is 17.1. The molecule has 1 atom stereocenters. The molecule has 0 aliphatic carbocycles. The molecular weight excluding hydrogens is 386 g/mol. The average molecular weight is 416 g/mol. The molecule has 0 spiro atoms. The molecule has 3 aromatic rings. The molecule has 2 N–H and O–H groups in total. The highest BCUT2D eigenvalue weighted by molar-refractivity contribution is 7.17. The number of aromatic nitrogens is 3. The molecule has 2 aromatic heterocycles. The van der Waals surface area contributed by atoms with E-state index in [2.05, 4.69) is 51.1 Å². The van der Waals surface area contributed by atoms with Gasteiger partial charge in [-0.25, -0.2) is 4.98 Å². The molecule has 0 unspecified atom stereocenters. The monoisotopic (exact) mass is 415 g/mol. The minimum atomic E-state index is -0.0317. The van der Waals surface area contributed by atoms with Crippen molar-refractivity contribution in [1.82, 2.24) is 24.4 Å². The first kappa shape index (κ1) is 20.3. The van der Waals surface area contributed by atoms with Crippen LogP contribution in [0, 0.1) is 0 Å². The van der Waals surface area contributed by atoms with Gasteiger partial charge in [0.1, 0.15) is 0 Å². The van der Waals surface area contributed by atoms with Crippen molar-refractivity contribution in [2.45, 2.75) is 32.7 Å². The highest BCUT2D eigenvalue weighted by atomic mass is 32.1. The highest BCUT2D eigenvalue weighted by Crippen LogP contribution is 2.40. The van der Waals surface area contributed by atoms with Crippen LogP contribution < -0.4 is 0 Å². The van der Waals surface area contributed by atoms with E-state index in [1.54, 1.807) is 4.52 Å². The first-order chi connectivity index (χ1) is 14.1. The predicted octanol–water partition coefficient (Wildman–Crippen LogP) is 2.32. The normalized spacial score (nSPS) is 17.2. The Morgan fingerprint density at radius 3 is 2.38 bits per heavy atom. The van der Waals surface area contributed by atoms with Crippen molar-refractivity contribution < 1.29 is 10.2 Å². The van der Waals surface area contributed by atoms with E-state index >= 15 is 0 Å². The fourth-order valence-electron chi connectivity index (χ4n) is 3.97.